The highest BCUT2D eigenvalue weighted by molar-refractivity contribution is 5.50. The molecule has 106 valence electrons. The monoisotopic (exact) mass is 274 g/mol. The fourth-order valence-electron chi connectivity index (χ4n) is 2.49. The summed E-state index contributed by atoms with van der Waals surface area (Å²) in [7, 11) is 1.92. The number of aliphatic hydroxyl groups is 1. The largest absolute Gasteiger partial charge is 0.416 e. The highest BCUT2D eigenvalue weighted by Crippen LogP contribution is 2.36. The van der Waals surface area contributed by atoms with Crippen molar-refractivity contribution in [1.29, 1.82) is 0 Å². The third-order valence-electron chi connectivity index (χ3n) is 3.61. The molecule has 0 saturated carbocycles. The molecule has 1 aliphatic heterocycles. The van der Waals surface area contributed by atoms with E-state index in [9.17, 15) is 18.3 Å². The summed E-state index contributed by atoms with van der Waals surface area (Å²) in [6.45, 7) is 1.50. The topological polar surface area (TPSA) is 49.5 Å². The highest BCUT2D eigenvalue weighted by Gasteiger charge is 2.33. The highest BCUT2D eigenvalue weighted by atomic mass is 19.4. The number of rotatable bonds is 2. The van der Waals surface area contributed by atoms with Crippen LogP contribution in [-0.4, -0.2) is 30.1 Å². The van der Waals surface area contributed by atoms with Gasteiger partial charge in [0.05, 0.1) is 11.7 Å². The van der Waals surface area contributed by atoms with Crippen LogP contribution in [0, 0.1) is 5.92 Å². The zero-order chi connectivity index (χ0) is 14.2. The van der Waals surface area contributed by atoms with Gasteiger partial charge in [0.25, 0.3) is 0 Å². The Kier molecular flexibility index (Phi) is 3.73. The van der Waals surface area contributed by atoms with Crippen molar-refractivity contribution in [1.82, 2.24) is 4.90 Å². The van der Waals surface area contributed by atoms with E-state index in [2.05, 4.69) is 0 Å². The van der Waals surface area contributed by atoms with Gasteiger partial charge in [-0.3, -0.25) is 0 Å². The van der Waals surface area contributed by atoms with Crippen LogP contribution in [0.25, 0.3) is 0 Å². The van der Waals surface area contributed by atoms with Crippen LogP contribution in [0.2, 0.25) is 0 Å². The van der Waals surface area contributed by atoms with Crippen LogP contribution in [-0.2, 0) is 6.18 Å². The zero-order valence-electron chi connectivity index (χ0n) is 10.6. The maximum Gasteiger partial charge on any atom is 0.416 e. The Morgan fingerprint density at radius 3 is 2.63 bits per heavy atom. The molecule has 0 bridgehead atoms. The van der Waals surface area contributed by atoms with Gasteiger partial charge in [-0.1, -0.05) is 0 Å². The molecule has 19 heavy (non-hydrogen) atoms. The van der Waals surface area contributed by atoms with Crippen molar-refractivity contribution in [2.24, 2.45) is 5.92 Å². The van der Waals surface area contributed by atoms with Crippen LogP contribution in [0.15, 0.2) is 18.2 Å². The van der Waals surface area contributed by atoms with E-state index in [1.807, 2.05) is 11.9 Å². The Morgan fingerprint density at radius 1 is 1.42 bits per heavy atom. The number of nitrogen functional groups attached to an aromatic ring is 1. The predicted molar refractivity (Wildman–Crippen MR) is 66.4 cm³/mol. The van der Waals surface area contributed by atoms with Crippen LogP contribution >= 0.6 is 0 Å². The van der Waals surface area contributed by atoms with E-state index in [1.54, 1.807) is 0 Å². The number of alkyl halides is 3. The first-order chi connectivity index (χ1) is 8.79. The van der Waals surface area contributed by atoms with E-state index in [4.69, 9.17) is 5.73 Å². The standard InChI is InChI=1S/C13H17F3N2O/c1-18-5-4-8(7-18)12(19)10-6-9(13(14,15)16)2-3-11(10)17/h2-3,6,8,12,19H,4-5,7,17H2,1H3. The molecule has 2 rings (SSSR count). The fourth-order valence-corrected chi connectivity index (χ4v) is 2.49. The molecule has 2 atom stereocenters. The molecule has 1 fully saturated rings. The number of benzene rings is 1. The lowest BCUT2D eigenvalue weighted by Gasteiger charge is -2.21. The summed E-state index contributed by atoms with van der Waals surface area (Å²) in [4.78, 5) is 2.04. The van der Waals surface area contributed by atoms with Crippen LogP contribution < -0.4 is 5.73 Å². The summed E-state index contributed by atoms with van der Waals surface area (Å²) in [5.74, 6) is -0.0733. The van der Waals surface area contributed by atoms with Gasteiger partial charge in [0, 0.05) is 23.7 Å². The molecule has 3 nitrogen and oxygen atoms in total. The van der Waals surface area contributed by atoms with E-state index < -0.39 is 17.8 Å². The van der Waals surface area contributed by atoms with Crippen molar-refractivity contribution in [3.63, 3.8) is 0 Å². The van der Waals surface area contributed by atoms with Gasteiger partial charge in [0.2, 0.25) is 0 Å². The third kappa shape index (κ3) is 3.01. The Labute approximate surface area is 109 Å². The molecule has 1 aromatic rings. The smallest absolute Gasteiger partial charge is 0.398 e. The molecule has 1 heterocycles. The molecule has 1 aliphatic rings. The molecule has 0 spiro atoms. The van der Waals surface area contributed by atoms with Gasteiger partial charge >= 0.3 is 6.18 Å². The Morgan fingerprint density at radius 2 is 2.11 bits per heavy atom. The van der Waals surface area contributed by atoms with E-state index in [0.29, 0.717) is 6.54 Å². The average Bonchev–Trinajstić information content (AvgIpc) is 2.74. The second kappa shape index (κ2) is 5.02. The van der Waals surface area contributed by atoms with Crippen LogP contribution in [0.3, 0.4) is 0 Å². The number of hydrogen-bond donors (Lipinski definition) is 2. The first-order valence-corrected chi connectivity index (χ1v) is 6.12. The molecule has 6 heteroatoms. The predicted octanol–water partition coefficient (Wildman–Crippen LogP) is 2.27. The number of likely N-dealkylation sites (tertiary alicyclic amines) is 1. The number of halogens is 3. The Hall–Kier alpha value is -1.27. The molecule has 3 N–H and O–H groups in total. The van der Waals surface area contributed by atoms with Crippen LogP contribution in [0.4, 0.5) is 18.9 Å². The van der Waals surface area contributed by atoms with Crippen LogP contribution in [0.1, 0.15) is 23.7 Å². The van der Waals surface area contributed by atoms with Crippen molar-refractivity contribution >= 4 is 5.69 Å². The minimum atomic E-state index is -4.42. The molecule has 0 amide bonds. The lowest BCUT2D eigenvalue weighted by atomic mass is 9.92. The van der Waals surface area contributed by atoms with E-state index in [1.165, 1.54) is 6.07 Å². The van der Waals surface area contributed by atoms with Gasteiger partial charge in [-0.15, -0.1) is 0 Å². The number of aliphatic hydroxyl groups excluding tert-OH is 1. The average molecular weight is 274 g/mol. The molecule has 1 saturated heterocycles. The summed E-state index contributed by atoms with van der Waals surface area (Å²) in [5.41, 5.74) is 5.30. The first-order valence-electron chi connectivity index (χ1n) is 6.12. The quantitative estimate of drug-likeness (QED) is 0.813. The minimum absolute atomic E-state index is 0.0733. The van der Waals surface area contributed by atoms with Gasteiger partial charge in [0.1, 0.15) is 0 Å². The lowest BCUT2D eigenvalue weighted by Crippen LogP contribution is -2.19. The summed E-state index contributed by atoms with van der Waals surface area (Å²) in [6.07, 6.45) is -4.62. The lowest BCUT2D eigenvalue weighted by molar-refractivity contribution is -0.137. The summed E-state index contributed by atoms with van der Waals surface area (Å²) in [5, 5.41) is 10.2. The zero-order valence-corrected chi connectivity index (χ0v) is 10.6. The Balaban J connectivity index is 2.28. The van der Waals surface area contributed by atoms with Gasteiger partial charge in [-0.05, 0) is 38.2 Å². The van der Waals surface area contributed by atoms with Crippen molar-refractivity contribution in [2.75, 3.05) is 25.9 Å². The molecule has 0 aliphatic carbocycles. The van der Waals surface area contributed by atoms with Gasteiger partial charge in [0.15, 0.2) is 0 Å². The van der Waals surface area contributed by atoms with Gasteiger partial charge in [-0.2, -0.15) is 13.2 Å². The van der Waals surface area contributed by atoms with E-state index >= 15 is 0 Å². The molecule has 0 radical (unpaired) electrons. The molecular formula is C13H17F3N2O. The number of anilines is 1. The minimum Gasteiger partial charge on any atom is -0.398 e. The van der Waals surface area contributed by atoms with Crippen LogP contribution in [0.5, 0.6) is 0 Å². The second-order valence-corrected chi connectivity index (χ2v) is 5.10. The van der Waals surface area contributed by atoms with Gasteiger partial charge in [-0.25, -0.2) is 0 Å². The second-order valence-electron chi connectivity index (χ2n) is 5.10. The van der Waals surface area contributed by atoms with Crippen molar-refractivity contribution in [3.05, 3.63) is 29.3 Å². The van der Waals surface area contributed by atoms with Crippen molar-refractivity contribution < 1.29 is 18.3 Å². The van der Waals surface area contributed by atoms with Crippen molar-refractivity contribution in [2.45, 2.75) is 18.7 Å². The molecule has 0 aromatic heterocycles. The molecule has 1 aromatic carbocycles. The normalized spacial score (nSPS) is 22.7. The Bertz CT molecular complexity index is 462. The van der Waals surface area contributed by atoms with E-state index in [-0.39, 0.29) is 17.2 Å². The SMILES string of the molecule is CN1CCC(C(O)c2cc(C(F)(F)F)ccc2N)C1. The number of hydrogen-bond acceptors (Lipinski definition) is 3. The molecular weight excluding hydrogens is 257 g/mol. The van der Waals surface area contributed by atoms with Gasteiger partial charge < -0.3 is 15.7 Å². The molecule has 2 unspecified atom stereocenters. The number of nitrogens with two attached hydrogens (primary N) is 1. The van der Waals surface area contributed by atoms with E-state index in [0.717, 1.165) is 25.1 Å². The fraction of sp³-hybridized carbons (Fsp3) is 0.538. The third-order valence-corrected chi connectivity index (χ3v) is 3.61. The summed E-state index contributed by atoms with van der Waals surface area (Å²) < 4.78 is 38.0. The maximum absolute atomic E-state index is 12.7. The maximum atomic E-state index is 12.7. The summed E-state index contributed by atoms with van der Waals surface area (Å²) >= 11 is 0. The van der Waals surface area contributed by atoms with Crippen molar-refractivity contribution in [3.8, 4) is 0 Å². The summed E-state index contributed by atoms with van der Waals surface area (Å²) in [6, 6.07) is 3.10. The number of nitrogens with zero attached hydrogens (tertiary/aromatic N) is 1. The first kappa shape index (κ1) is 14.1.